The molecular formula is C14H16ClN3O. The van der Waals surface area contributed by atoms with Gasteiger partial charge in [0, 0.05) is 12.1 Å². The first-order chi connectivity index (χ1) is 9.13. The van der Waals surface area contributed by atoms with E-state index in [0.717, 1.165) is 18.4 Å². The first-order valence-corrected chi connectivity index (χ1v) is 6.43. The molecule has 100 valence electrons. The van der Waals surface area contributed by atoms with Crippen molar-refractivity contribution in [3.8, 4) is 11.3 Å². The van der Waals surface area contributed by atoms with Crippen LogP contribution in [0.4, 0.5) is 0 Å². The lowest BCUT2D eigenvalue weighted by atomic mass is 10.1. The zero-order valence-corrected chi connectivity index (χ0v) is 11.8. The van der Waals surface area contributed by atoms with Crippen LogP contribution in [0.2, 0.25) is 5.15 Å². The van der Waals surface area contributed by atoms with Crippen molar-refractivity contribution in [2.24, 2.45) is 0 Å². The molecule has 0 aliphatic heterocycles. The summed E-state index contributed by atoms with van der Waals surface area (Å²) in [6.07, 6.45) is 0.768. The molecule has 1 aromatic carbocycles. The van der Waals surface area contributed by atoms with E-state index in [4.69, 9.17) is 11.6 Å². The largest absolute Gasteiger partial charge is 0.308 e. The fourth-order valence-corrected chi connectivity index (χ4v) is 2.07. The van der Waals surface area contributed by atoms with E-state index in [0.29, 0.717) is 23.0 Å². The van der Waals surface area contributed by atoms with Gasteiger partial charge in [-0.1, -0.05) is 41.9 Å². The molecule has 4 nitrogen and oxygen atoms in total. The molecular weight excluding hydrogens is 262 g/mol. The minimum Gasteiger partial charge on any atom is -0.308 e. The Morgan fingerprint density at radius 2 is 2.00 bits per heavy atom. The van der Waals surface area contributed by atoms with Gasteiger partial charge >= 0.3 is 0 Å². The van der Waals surface area contributed by atoms with Crippen LogP contribution in [0.25, 0.3) is 11.3 Å². The Morgan fingerprint density at radius 3 is 2.58 bits per heavy atom. The van der Waals surface area contributed by atoms with E-state index in [1.165, 1.54) is 0 Å². The van der Waals surface area contributed by atoms with Crippen LogP contribution in [-0.4, -0.2) is 41.6 Å². The number of likely N-dealkylation sites (N-methyl/N-ethyl adjacent to an activating group) is 1. The van der Waals surface area contributed by atoms with E-state index in [2.05, 4.69) is 5.10 Å². The Bertz CT molecular complexity index is 564. The van der Waals surface area contributed by atoms with Crippen LogP contribution in [0.15, 0.2) is 30.3 Å². The summed E-state index contributed by atoms with van der Waals surface area (Å²) in [7, 11) is 3.96. The molecule has 0 aliphatic carbocycles. The Balaban J connectivity index is 2.39. The molecule has 0 amide bonds. The van der Waals surface area contributed by atoms with E-state index in [-0.39, 0.29) is 0 Å². The SMILES string of the molecule is CN(C)CCn1nc(-c2ccccc2)c(C=O)c1Cl. The van der Waals surface area contributed by atoms with Crippen molar-refractivity contribution in [2.45, 2.75) is 6.54 Å². The van der Waals surface area contributed by atoms with Crippen molar-refractivity contribution in [3.05, 3.63) is 41.0 Å². The molecule has 0 saturated heterocycles. The molecule has 1 aromatic heterocycles. The quantitative estimate of drug-likeness (QED) is 0.789. The van der Waals surface area contributed by atoms with Gasteiger partial charge in [-0.15, -0.1) is 0 Å². The van der Waals surface area contributed by atoms with Gasteiger partial charge in [0.05, 0.1) is 12.1 Å². The number of carbonyl (C=O) groups is 1. The van der Waals surface area contributed by atoms with Crippen molar-refractivity contribution in [2.75, 3.05) is 20.6 Å². The summed E-state index contributed by atoms with van der Waals surface area (Å²) < 4.78 is 1.67. The Hall–Kier alpha value is -1.65. The summed E-state index contributed by atoms with van der Waals surface area (Å²) in [6.45, 7) is 1.47. The highest BCUT2D eigenvalue weighted by Crippen LogP contribution is 2.27. The van der Waals surface area contributed by atoms with Crippen LogP contribution in [-0.2, 0) is 6.54 Å². The number of hydrogen-bond acceptors (Lipinski definition) is 3. The second kappa shape index (κ2) is 5.99. The summed E-state index contributed by atoms with van der Waals surface area (Å²) in [5.74, 6) is 0. The maximum Gasteiger partial charge on any atom is 0.155 e. The summed E-state index contributed by atoms with van der Waals surface area (Å²) in [5, 5.41) is 4.85. The highest BCUT2D eigenvalue weighted by atomic mass is 35.5. The molecule has 5 heteroatoms. The molecule has 0 N–H and O–H groups in total. The average Bonchev–Trinajstić information content (AvgIpc) is 2.74. The van der Waals surface area contributed by atoms with E-state index in [1.807, 2.05) is 49.3 Å². The van der Waals surface area contributed by atoms with Crippen LogP contribution in [0, 0.1) is 0 Å². The third-order valence-corrected chi connectivity index (χ3v) is 3.25. The topological polar surface area (TPSA) is 38.1 Å². The molecule has 1 heterocycles. The van der Waals surface area contributed by atoms with Crippen molar-refractivity contribution in [3.63, 3.8) is 0 Å². The summed E-state index contributed by atoms with van der Waals surface area (Å²) in [4.78, 5) is 13.3. The van der Waals surface area contributed by atoms with Crippen molar-refractivity contribution in [1.82, 2.24) is 14.7 Å². The molecule has 2 rings (SSSR count). The molecule has 19 heavy (non-hydrogen) atoms. The van der Waals surface area contributed by atoms with Crippen molar-refractivity contribution in [1.29, 1.82) is 0 Å². The third kappa shape index (κ3) is 3.03. The smallest absolute Gasteiger partial charge is 0.155 e. The monoisotopic (exact) mass is 277 g/mol. The third-order valence-electron chi connectivity index (χ3n) is 2.85. The number of rotatable bonds is 5. The van der Waals surface area contributed by atoms with Gasteiger partial charge in [0.2, 0.25) is 0 Å². The second-order valence-corrected chi connectivity index (χ2v) is 4.92. The van der Waals surface area contributed by atoms with Gasteiger partial charge in [-0.2, -0.15) is 5.10 Å². The van der Waals surface area contributed by atoms with E-state index in [1.54, 1.807) is 4.68 Å². The Labute approximate surface area is 117 Å². The molecule has 0 spiro atoms. The normalized spacial score (nSPS) is 10.9. The number of nitrogens with zero attached hydrogens (tertiary/aromatic N) is 3. The first-order valence-electron chi connectivity index (χ1n) is 6.05. The molecule has 0 aliphatic rings. The van der Waals surface area contributed by atoms with Gasteiger partial charge < -0.3 is 4.90 Å². The second-order valence-electron chi connectivity index (χ2n) is 4.56. The molecule has 0 atom stereocenters. The van der Waals surface area contributed by atoms with Crippen molar-refractivity contribution >= 4 is 17.9 Å². The molecule has 0 radical (unpaired) electrons. The van der Waals surface area contributed by atoms with Gasteiger partial charge in [0.1, 0.15) is 10.8 Å². The number of aromatic nitrogens is 2. The van der Waals surface area contributed by atoms with Gasteiger partial charge in [-0.3, -0.25) is 9.48 Å². The van der Waals surface area contributed by atoms with E-state index < -0.39 is 0 Å². The van der Waals surface area contributed by atoms with Gasteiger partial charge in [0.25, 0.3) is 0 Å². The van der Waals surface area contributed by atoms with E-state index >= 15 is 0 Å². The minimum absolute atomic E-state index is 0.399. The lowest BCUT2D eigenvalue weighted by Gasteiger charge is -2.09. The highest BCUT2D eigenvalue weighted by molar-refractivity contribution is 6.32. The zero-order valence-electron chi connectivity index (χ0n) is 11.0. The van der Waals surface area contributed by atoms with Gasteiger partial charge in [-0.25, -0.2) is 0 Å². The maximum absolute atomic E-state index is 11.2. The van der Waals surface area contributed by atoms with Crippen LogP contribution >= 0.6 is 11.6 Å². The minimum atomic E-state index is 0.399. The van der Waals surface area contributed by atoms with E-state index in [9.17, 15) is 4.79 Å². The fraction of sp³-hybridized carbons (Fsp3) is 0.286. The Morgan fingerprint density at radius 1 is 1.32 bits per heavy atom. The Kier molecular flexibility index (Phi) is 4.35. The lowest BCUT2D eigenvalue weighted by molar-refractivity contribution is 0.112. The first kappa shape index (κ1) is 13.8. The van der Waals surface area contributed by atoms with Gasteiger partial charge in [0.15, 0.2) is 6.29 Å². The van der Waals surface area contributed by atoms with Crippen LogP contribution < -0.4 is 0 Å². The number of aldehydes is 1. The van der Waals surface area contributed by atoms with Crippen LogP contribution in [0.3, 0.4) is 0 Å². The summed E-state index contributed by atoms with van der Waals surface area (Å²) in [5.41, 5.74) is 1.99. The standard InChI is InChI=1S/C14H16ClN3O/c1-17(2)8-9-18-14(15)12(10-19)13(16-18)11-6-4-3-5-7-11/h3-7,10H,8-9H2,1-2H3. The lowest BCUT2D eigenvalue weighted by Crippen LogP contribution is -2.19. The number of hydrogen-bond donors (Lipinski definition) is 0. The summed E-state index contributed by atoms with van der Waals surface area (Å²) in [6, 6.07) is 9.59. The van der Waals surface area contributed by atoms with Crippen LogP contribution in [0.1, 0.15) is 10.4 Å². The summed E-state index contributed by atoms with van der Waals surface area (Å²) >= 11 is 6.21. The predicted octanol–water partition coefficient (Wildman–Crippen LogP) is 2.58. The number of carbonyl (C=O) groups excluding carboxylic acids is 1. The molecule has 0 bridgehead atoms. The fourth-order valence-electron chi connectivity index (χ4n) is 1.81. The van der Waals surface area contributed by atoms with Crippen molar-refractivity contribution < 1.29 is 4.79 Å². The molecule has 0 fully saturated rings. The van der Waals surface area contributed by atoms with Crippen LogP contribution in [0.5, 0.6) is 0 Å². The predicted molar refractivity (Wildman–Crippen MR) is 76.6 cm³/mol. The molecule has 2 aromatic rings. The number of benzene rings is 1. The highest BCUT2D eigenvalue weighted by Gasteiger charge is 2.16. The van der Waals surface area contributed by atoms with Gasteiger partial charge in [-0.05, 0) is 14.1 Å². The molecule has 0 saturated carbocycles. The molecule has 0 unspecified atom stereocenters. The maximum atomic E-state index is 11.2. The number of halogens is 1. The average molecular weight is 278 g/mol. The zero-order chi connectivity index (χ0) is 13.8.